The maximum atomic E-state index is 12.1. The molecule has 1 aliphatic rings. The van der Waals surface area contributed by atoms with Crippen LogP contribution in [0.15, 0.2) is 42.5 Å². The summed E-state index contributed by atoms with van der Waals surface area (Å²) < 4.78 is 7.10. The second kappa shape index (κ2) is 9.44. The van der Waals surface area contributed by atoms with Gasteiger partial charge in [0.25, 0.3) is 5.91 Å². The minimum Gasteiger partial charge on any atom is -0.379 e. The highest BCUT2D eigenvalue weighted by Crippen LogP contribution is 2.08. The van der Waals surface area contributed by atoms with E-state index in [0.717, 1.165) is 45.2 Å². The molecule has 152 valence electrons. The molecule has 9 nitrogen and oxygen atoms in total. The fourth-order valence-electron chi connectivity index (χ4n) is 3.23. The Balaban J connectivity index is 1.31. The molecule has 0 radical (unpaired) electrons. The van der Waals surface area contributed by atoms with E-state index in [0.29, 0.717) is 30.0 Å². The lowest BCUT2D eigenvalue weighted by Crippen LogP contribution is -2.39. The van der Waals surface area contributed by atoms with Crippen LogP contribution in [0.4, 0.5) is 5.82 Å². The van der Waals surface area contributed by atoms with Gasteiger partial charge in [-0.2, -0.15) is 4.52 Å². The van der Waals surface area contributed by atoms with Crippen LogP contribution in [0.2, 0.25) is 0 Å². The Morgan fingerprint density at radius 2 is 1.86 bits per heavy atom. The molecule has 3 aromatic rings. The highest BCUT2D eigenvalue weighted by Gasteiger charge is 2.11. The van der Waals surface area contributed by atoms with Crippen molar-refractivity contribution in [1.29, 1.82) is 0 Å². The van der Waals surface area contributed by atoms with Crippen molar-refractivity contribution in [3.8, 4) is 0 Å². The van der Waals surface area contributed by atoms with Gasteiger partial charge in [0.15, 0.2) is 11.5 Å². The van der Waals surface area contributed by atoms with E-state index in [1.165, 1.54) is 0 Å². The largest absolute Gasteiger partial charge is 0.379 e. The normalized spacial score (nSPS) is 14.8. The third-order valence-electron chi connectivity index (χ3n) is 4.84. The molecule has 2 N–H and O–H groups in total. The first-order valence-electron chi connectivity index (χ1n) is 9.88. The van der Waals surface area contributed by atoms with Gasteiger partial charge in [-0.3, -0.25) is 9.69 Å². The number of benzene rings is 1. The summed E-state index contributed by atoms with van der Waals surface area (Å²) in [5, 5.41) is 19.2. The standard InChI is InChI=1S/C20H25N7O2/c28-20(16-4-2-1-3-5-16)22-9-8-19-24-23-18-7-6-17(25-27(18)19)21-10-11-26-12-14-29-15-13-26/h1-7H,8-15H2,(H,21,25)(H,22,28). The van der Waals surface area contributed by atoms with Crippen LogP contribution < -0.4 is 10.6 Å². The van der Waals surface area contributed by atoms with Gasteiger partial charge in [-0.1, -0.05) is 18.2 Å². The molecule has 1 aromatic carbocycles. The molecule has 1 saturated heterocycles. The summed E-state index contributed by atoms with van der Waals surface area (Å²) in [5.74, 6) is 1.39. The minimum atomic E-state index is -0.0992. The maximum Gasteiger partial charge on any atom is 0.251 e. The second-order valence-corrected chi connectivity index (χ2v) is 6.86. The Kier molecular flexibility index (Phi) is 6.28. The minimum absolute atomic E-state index is 0.0992. The van der Waals surface area contributed by atoms with Crippen molar-refractivity contribution in [2.75, 3.05) is 51.3 Å². The number of amides is 1. The lowest BCUT2D eigenvalue weighted by atomic mass is 10.2. The zero-order chi connectivity index (χ0) is 19.9. The van der Waals surface area contributed by atoms with Gasteiger partial charge >= 0.3 is 0 Å². The molecule has 0 atom stereocenters. The lowest BCUT2D eigenvalue weighted by Gasteiger charge is -2.26. The average Bonchev–Trinajstić information content (AvgIpc) is 3.17. The molecule has 1 aliphatic heterocycles. The fraction of sp³-hybridized carbons (Fsp3) is 0.400. The van der Waals surface area contributed by atoms with E-state index < -0.39 is 0 Å². The first-order chi connectivity index (χ1) is 14.3. The first kappa shape index (κ1) is 19.3. The molecular formula is C20H25N7O2. The van der Waals surface area contributed by atoms with Crippen LogP contribution in [0.5, 0.6) is 0 Å². The molecule has 29 heavy (non-hydrogen) atoms. The smallest absolute Gasteiger partial charge is 0.251 e. The first-order valence-corrected chi connectivity index (χ1v) is 9.88. The third kappa shape index (κ3) is 5.07. The molecule has 0 bridgehead atoms. The van der Waals surface area contributed by atoms with E-state index in [4.69, 9.17) is 4.74 Å². The number of ether oxygens (including phenoxy) is 1. The van der Waals surface area contributed by atoms with Gasteiger partial charge in [0, 0.05) is 44.7 Å². The second-order valence-electron chi connectivity index (χ2n) is 6.86. The Morgan fingerprint density at radius 1 is 1.03 bits per heavy atom. The zero-order valence-corrected chi connectivity index (χ0v) is 16.3. The highest BCUT2D eigenvalue weighted by atomic mass is 16.5. The Hall–Kier alpha value is -3.04. The number of carbonyl (C=O) groups is 1. The van der Waals surface area contributed by atoms with Crippen molar-refractivity contribution in [3.05, 3.63) is 53.9 Å². The van der Waals surface area contributed by atoms with Crippen molar-refractivity contribution >= 4 is 17.4 Å². The molecule has 2 aromatic heterocycles. The Labute approximate surface area is 169 Å². The molecule has 0 spiro atoms. The van der Waals surface area contributed by atoms with E-state index in [-0.39, 0.29) is 5.91 Å². The highest BCUT2D eigenvalue weighted by molar-refractivity contribution is 5.94. The summed E-state index contributed by atoms with van der Waals surface area (Å²) in [7, 11) is 0. The molecule has 1 amide bonds. The van der Waals surface area contributed by atoms with Crippen molar-refractivity contribution in [3.63, 3.8) is 0 Å². The van der Waals surface area contributed by atoms with Crippen LogP contribution in [-0.4, -0.2) is 76.6 Å². The van der Waals surface area contributed by atoms with E-state index in [1.54, 1.807) is 16.6 Å². The molecule has 0 saturated carbocycles. The molecule has 9 heteroatoms. The SMILES string of the molecule is O=C(NCCc1nnc2ccc(NCCN3CCOCC3)nn12)c1ccccc1. The molecule has 0 aliphatic carbocycles. The lowest BCUT2D eigenvalue weighted by molar-refractivity contribution is 0.0398. The van der Waals surface area contributed by atoms with Crippen LogP contribution in [0, 0.1) is 0 Å². The van der Waals surface area contributed by atoms with Gasteiger partial charge in [-0.15, -0.1) is 15.3 Å². The van der Waals surface area contributed by atoms with E-state index >= 15 is 0 Å². The average molecular weight is 395 g/mol. The van der Waals surface area contributed by atoms with E-state index in [1.807, 2.05) is 30.3 Å². The molecule has 4 rings (SSSR count). The number of anilines is 1. The number of hydrogen-bond acceptors (Lipinski definition) is 7. The molecule has 3 heterocycles. The van der Waals surface area contributed by atoms with Gasteiger partial charge in [0.1, 0.15) is 5.82 Å². The summed E-state index contributed by atoms with van der Waals surface area (Å²) in [6, 6.07) is 13.0. The van der Waals surface area contributed by atoms with E-state index in [2.05, 4.69) is 30.8 Å². The molecule has 0 unspecified atom stereocenters. The number of aromatic nitrogens is 4. The topological polar surface area (TPSA) is 96.7 Å². The number of nitrogens with zero attached hydrogens (tertiary/aromatic N) is 5. The third-order valence-corrected chi connectivity index (χ3v) is 4.84. The van der Waals surface area contributed by atoms with Gasteiger partial charge in [-0.25, -0.2) is 0 Å². The monoisotopic (exact) mass is 395 g/mol. The molecular weight excluding hydrogens is 370 g/mol. The van der Waals surface area contributed by atoms with Crippen molar-refractivity contribution < 1.29 is 9.53 Å². The van der Waals surface area contributed by atoms with Crippen LogP contribution >= 0.6 is 0 Å². The quantitative estimate of drug-likeness (QED) is 0.583. The van der Waals surface area contributed by atoms with Crippen molar-refractivity contribution in [2.45, 2.75) is 6.42 Å². The number of carbonyl (C=O) groups excluding carboxylic acids is 1. The van der Waals surface area contributed by atoms with Crippen molar-refractivity contribution in [1.82, 2.24) is 30.0 Å². The predicted molar refractivity (Wildman–Crippen MR) is 109 cm³/mol. The van der Waals surface area contributed by atoms with Crippen LogP contribution in [0.25, 0.3) is 5.65 Å². The number of nitrogens with one attached hydrogen (secondary N) is 2. The summed E-state index contributed by atoms with van der Waals surface area (Å²) in [4.78, 5) is 14.5. The summed E-state index contributed by atoms with van der Waals surface area (Å²) >= 11 is 0. The number of morpholine rings is 1. The van der Waals surface area contributed by atoms with Crippen molar-refractivity contribution in [2.24, 2.45) is 0 Å². The summed E-state index contributed by atoms with van der Waals surface area (Å²) in [6.45, 7) is 5.76. The Morgan fingerprint density at radius 3 is 2.69 bits per heavy atom. The van der Waals surface area contributed by atoms with Crippen LogP contribution in [-0.2, 0) is 11.2 Å². The van der Waals surface area contributed by atoms with Gasteiger partial charge in [-0.05, 0) is 24.3 Å². The van der Waals surface area contributed by atoms with Crippen LogP contribution in [0.1, 0.15) is 16.2 Å². The van der Waals surface area contributed by atoms with E-state index in [9.17, 15) is 4.79 Å². The predicted octanol–water partition coefficient (Wildman–Crippen LogP) is 0.841. The van der Waals surface area contributed by atoms with Gasteiger partial charge < -0.3 is 15.4 Å². The fourth-order valence-corrected chi connectivity index (χ4v) is 3.23. The summed E-state index contributed by atoms with van der Waals surface area (Å²) in [6.07, 6.45) is 0.546. The number of hydrogen-bond donors (Lipinski definition) is 2. The molecule has 1 fully saturated rings. The van der Waals surface area contributed by atoms with Crippen LogP contribution in [0.3, 0.4) is 0 Å². The Bertz CT molecular complexity index is 938. The maximum absolute atomic E-state index is 12.1. The van der Waals surface area contributed by atoms with Gasteiger partial charge in [0.2, 0.25) is 0 Å². The summed E-state index contributed by atoms with van der Waals surface area (Å²) in [5.41, 5.74) is 1.33. The number of fused-ring (bicyclic) bond motifs is 1. The number of rotatable bonds is 8. The van der Waals surface area contributed by atoms with Gasteiger partial charge in [0.05, 0.1) is 13.2 Å². The zero-order valence-electron chi connectivity index (χ0n) is 16.3.